The molecule has 0 heterocycles. The van der Waals surface area contributed by atoms with Gasteiger partial charge in [0.15, 0.2) is 0 Å². The molecule has 4 nitrogen and oxygen atoms in total. The molecule has 0 bridgehead atoms. The van der Waals surface area contributed by atoms with Gasteiger partial charge in [-0.3, -0.25) is 9.59 Å². The number of rotatable bonds is 5. The molecule has 0 aliphatic heterocycles. The van der Waals surface area contributed by atoms with Gasteiger partial charge in [-0.25, -0.2) is 0 Å². The van der Waals surface area contributed by atoms with Crippen LogP contribution >= 0.6 is 0 Å². The Morgan fingerprint density at radius 2 is 1.93 bits per heavy atom. The molecule has 0 atom stereocenters. The van der Waals surface area contributed by atoms with Gasteiger partial charge in [-0.2, -0.15) is 0 Å². The lowest BCUT2D eigenvalue weighted by molar-refractivity contribution is -0.151. The maximum absolute atomic E-state index is 11.5. The standard InChI is InChI=1S/C11H19NO3/c1-2-7-12-9(13)8-11(10(14)15)5-3-4-6-11/h2-8H2,1H3,(H,12,13)(H,14,15). The summed E-state index contributed by atoms with van der Waals surface area (Å²) in [6, 6.07) is 0. The second kappa shape index (κ2) is 5.14. The van der Waals surface area contributed by atoms with Crippen LogP contribution < -0.4 is 5.32 Å². The van der Waals surface area contributed by atoms with E-state index < -0.39 is 11.4 Å². The van der Waals surface area contributed by atoms with Gasteiger partial charge in [0, 0.05) is 13.0 Å². The second-order valence-electron chi connectivity index (χ2n) is 4.32. The first kappa shape index (κ1) is 12.0. The molecule has 0 aromatic rings. The third-order valence-corrected chi connectivity index (χ3v) is 3.09. The predicted octanol–water partition coefficient (Wildman–Crippen LogP) is 1.55. The normalized spacial score (nSPS) is 18.7. The predicted molar refractivity (Wildman–Crippen MR) is 56.5 cm³/mol. The summed E-state index contributed by atoms with van der Waals surface area (Å²) in [5, 5.41) is 11.9. The SMILES string of the molecule is CCCNC(=O)CC1(C(=O)O)CCCC1. The molecule has 0 spiro atoms. The van der Waals surface area contributed by atoms with E-state index in [-0.39, 0.29) is 12.3 Å². The summed E-state index contributed by atoms with van der Waals surface area (Å²) in [5.74, 6) is -0.937. The van der Waals surface area contributed by atoms with Crippen molar-refractivity contribution in [3.05, 3.63) is 0 Å². The minimum atomic E-state index is -0.813. The maximum Gasteiger partial charge on any atom is 0.310 e. The third kappa shape index (κ3) is 2.94. The Hall–Kier alpha value is -1.06. The van der Waals surface area contributed by atoms with E-state index in [9.17, 15) is 9.59 Å². The van der Waals surface area contributed by atoms with E-state index in [2.05, 4.69) is 5.32 Å². The van der Waals surface area contributed by atoms with Crippen LogP contribution in [0, 0.1) is 5.41 Å². The number of aliphatic carboxylic acids is 1. The van der Waals surface area contributed by atoms with E-state index in [1.165, 1.54) is 0 Å². The highest BCUT2D eigenvalue weighted by molar-refractivity contribution is 5.85. The van der Waals surface area contributed by atoms with Gasteiger partial charge in [-0.1, -0.05) is 19.8 Å². The molecule has 0 radical (unpaired) electrons. The molecule has 1 saturated carbocycles. The summed E-state index contributed by atoms with van der Waals surface area (Å²) in [7, 11) is 0. The molecule has 0 saturated heterocycles. The van der Waals surface area contributed by atoms with Crippen molar-refractivity contribution in [3.8, 4) is 0 Å². The first-order valence-corrected chi connectivity index (χ1v) is 5.61. The van der Waals surface area contributed by atoms with Crippen LogP contribution in [0.5, 0.6) is 0 Å². The molecule has 0 aromatic carbocycles. The van der Waals surface area contributed by atoms with E-state index >= 15 is 0 Å². The lowest BCUT2D eigenvalue weighted by atomic mass is 9.82. The molecule has 1 amide bonds. The van der Waals surface area contributed by atoms with Gasteiger partial charge in [-0.05, 0) is 19.3 Å². The fraction of sp³-hybridized carbons (Fsp3) is 0.818. The summed E-state index contributed by atoms with van der Waals surface area (Å²) in [6.07, 6.45) is 4.15. The largest absolute Gasteiger partial charge is 0.481 e. The number of hydrogen-bond acceptors (Lipinski definition) is 2. The topological polar surface area (TPSA) is 66.4 Å². The van der Waals surface area contributed by atoms with Crippen LogP contribution in [0.2, 0.25) is 0 Å². The number of amides is 1. The van der Waals surface area contributed by atoms with Crippen LogP contribution in [0.15, 0.2) is 0 Å². The lowest BCUT2D eigenvalue weighted by Crippen LogP contribution is -2.35. The third-order valence-electron chi connectivity index (χ3n) is 3.09. The fourth-order valence-corrected chi connectivity index (χ4v) is 2.15. The van der Waals surface area contributed by atoms with Crippen LogP contribution in [-0.4, -0.2) is 23.5 Å². The molecule has 2 N–H and O–H groups in total. The van der Waals surface area contributed by atoms with Crippen molar-refractivity contribution in [2.24, 2.45) is 5.41 Å². The van der Waals surface area contributed by atoms with Crippen molar-refractivity contribution >= 4 is 11.9 Å². The molecule has 4 heteroatoms. The molecule has 0 aromatic heterocycles. The average molecular weight is 213 g/mol. The summed E-state index contributed by atoms with van der Waals surface area (Å²) in [5.41, 5.74) is -0.780. The Morgan fingerprint density at radius 3 is 2.40 bits per heavy atom. The van der Waals surface area contributed by atoms with Crippen molar-refractivity contribution < 1.29 is 14.7 Å². The summed E-state index contributed by atoms with van der Waals surface area (Å²) in [4.78, 5) is 22.6. The molecular weight excluding hydrogens is 194 g/mol. The van der Waals surface area contributed by atoms with Crippen LogP contribution in [0.25, 0.3) is 0 Å². The van der Waals surface area contributed by atoms with E-state index in [0.29, 0.717) is 19.4 Å². The quantitative estimate of drug-likeness (QED) is 0.728. The number of carboxylic acid groups (broad SMARTS) is 1. The van der Waals surface area contributed by atoms with Crippen LogP contribution in [-0.2, 0) is 9.59 Å². The number of carbonyl (C=O) groups is 2. The Labute approximate surface area is 90.0 Å². The molecule has 1 aliphatic rings. The Balaban J connectivity index is 2.52. The number of carboxylic acids is 1. The van der Waals surface area contributed by atoms with Crippen molar-refractivity contribution in [1.29, 1.82) is 0 Å². The minimum Gasteiger partial charge on any atom is -0.481 e. The van der Waals surface area contributed by atoms with E-state index in [1.807, 2.05) is 6.92 Å². The highest BCUT2D eigenvalue weighted by atomic mass is 16.4. The van der Waals surface area contributed by atoms with Gasteiger partial charge in [0.2, 0.25) is 5.91 Å². The van der Waals surface area contributed by atoms with Crippen LogP contribution in [0.1, 0.15) is 45.4 Å². The van der Waals surface area contributed by atoms with Crippen LogP contribution in [0.4, 0.5) is 0 Å². The van der Waals surface area contributed by atoms with Crippen molar-refractivity contribution in [2.45, 2.75) is 45.4 Å². The molecule has 15 heavy (non-hydrogen) atoms. The van der Waals surface area contributed by atoms with E-state index in [4.69, 9.17) is 5.11 Å². The molecule has 1 fully saturated rings. The number of nitrogens with one attached hydrogen (secondary N) is 1. The van der Waals surface area contributed by atoms with E-state index in [1.54, 1.807) is 0 Å². The summed E-state index contributed by atoms with van der Waals surface area (Å²) < 4.78 is 0. The average Bonchev–Trinajstić information content (AvgIpc) is 2.64. The smallest absolute Gasteiger partial charge is 0.310 e. The first-order chi connectivity index (χ1) is 7.10. The van der Waals surface area contributed by atoms with Gasteiger partial charge in [-0.15, -0.1) is 0 Å². The van der Waals surface area contributed by atoms with Crippen LogP contribution in [0.3, 0.4) is 0 Å². The van der Waals surface area contributed by atoms with Gasteiger partial charge in [0.1, 0.15) is 0 Å². The Bertz CT molecular complexity index is 244. The molecule has 1 rings (SSSR count). The minimum absolute atomic E-state index is 0.124. The van der Waals surface area contributed by atoms with Crippen molar-refractivity contribution in [1.82, 2.24) is 5.32 Å². The lowest BCUT2D eigenvalue weighted by Gasteiger charge is -2.22. The molecule has 86 valence electrons. The monoisotopic (exact) mass is 213 g/mol. The van der Waals surface area contributed by atoms with Crippen molar-refractivity contribution in [3.63, 3.8) is 0 Å². The van der Waals surface area contributed by atoms with Gasteiger partial charge in [0.25, 0.3) is 0 Å². The Kier molecular flexibility index (Phi) is 4.12. The second-order valence-corrected chi connectivity index (χ2v) is 4.32. The molecule has 0 unspecified atom stereocenters. The number of hydrogen-bond donors (Lipinski definition) is 2. The summed E-state index contributed by atoms with van der Waals surface area (Å²) in [6.45, 7) is 2.61. The van der Waals surface area contributed by atoms with Gasteiger partial charge in [0.05, 0.1) is 5.41 Å². The van der Waals surface area contributed by atoms with Gasteiger partial charge < -0.3 is 10.4 Å². The maximum atomic E-state index is 11.5. The fourth-order valence-electron chi connectivity index (χ4n) is 2.15. The first-order valence-electron chi connectivity index (χ1n) is 5.61. The van der Waals surface area contributed by atoms with Gasteiger partial charge >= 0.3 is 5.97 Å². The zero-order valence-corrected chi connectivity index (χ0v) is 9.21. The number of carbonyl (C=O) groups excluding carboxylic acids is 1. The highest BCUT2D eigenvalue weighted by Gasteiger charge is 2.42. The van der Waals surface area contributed by atoms with Crippen molar-refractivity contribution in [2.75, 3.05) is 6.54 Å². The van der Waals surface area contributed by atoms with E-state index in [0.717, 1.165) is 19.3 Å². The zero-order valence-electron chi connectivity index (χ0n) is 9.21. The zero-order chi connectivity index (χ0) is 11.3. The Morgan fingerprint density at radius 1 is 1.33 bits per heavy atom. The highest BCUT2D eigenvalue weighted by Crippen LogP contribution is 2.41. The molecule has 1 aliphatic carbocycles. The summed E-state index contributed by atoms with van der Waals surface area (Å²) >= 11 is 0. The molecular formula is C11H19NO3.